The average molecular weight is 327 g/mol. The number of fused-ring (bicyclic) bond motifs is 1. The fourth-order valence-electron chi connectivity index (χ4n) is 2.18. The van der Waals surface area contributed by atoms with Crippen LogP contribution in [0.3, 0.4) is 0 Å². The third-order valence-electron chi connectivity index (χ3n) is 3.22. The van der Waals surface area contributed by atoms with Gasteiger partial charge in [0.2, 0.25) is 0 Å². The first-order valence-electron chi connectivity index (χ1n) is 6.66. The minimum absolute atomic E-state index is 0.0807. The van der Waals surface area contributed by atoms with Crippen molar-refractivity contribution in [2.75, 3.05) is 11.6 Å². The van der Waals surface area contributed by atoms with Crippen LogP contribution in [0.25, 0.3) is 10.1 Å². The predicted molar refractivity (Wildman–Crippen MR) is 94.3 cm³/mol. The third kappa shape index (κ3) is 2.91. The lowest BCUT2D eigenvalue weighted by molar-refractivity contribution is 0.102. The molecule has 3 nitrogen and oxygen atoms in total. The summed E-state index contributed by atoms with van der Waals surface area (Å²) in [7, 11) is 0. The second-order valence-corrected chi connectivity index (χ2v) is 6.56. The van der Waals surface area contributed by atoms with Crippen molar-refractivity contribution < 1.29 is 4.79 Å². The fraction of sp³-hybridized carbons (Fsp3) is 0.0588. The van der Waals surface area contributed by atoms with Crippen LogP contribution in [0.2, 0.25) is 0 Å². The molecule has 0 aliphatic heterocycles. The lowest BCUT2D eigenvalue weighted by atomic mass is 10.2. The summed E-state index contributed by atoms with van der Waals surface area (Å²) in [6, 6.07) is 16.3. The highest BCUT2D eigenvalue weighted by Crippen LogP contribution is 2.25. The van der Waals surface area contributed by atoms with Crippen LogP contribution in [0.5, 0.6) is 0 Å². The Bertz CT molecular complexity index is 902. The maximum absolute atomic E-state index is 12.4. The molecule has 110 valence electrons. The minimum Gasteiger partial charge on any atom is -0.313 e. The highest BCUT2D eigenvalue weighted by molar-refractivity contribution is 7.98. The van der Waals surface area contributed by atoms with Gasteiger partial charge in [0.25, 0.3) is 5.91 Å². The molecular formula is C17H13NO2S2. The number of nitrogens with one attached hydrogen (secondary N) is 1. The van der Waals surface area contributed by atoms with Crippen molar-refractivity contribution in [1.29, 1.82) is 0 Å². The summed E-state index contributed by atoms with van der Waals surface area (Å²) in [5.41, 5.74) is 0.533. The molecule has 0 aliphatic rings. The molecule has 1 aromatic heterocycles. The number of amides is 1. The second kappa shape index (κ2) is 6.34. The van der Waals surface area contributed by atoms with Gasteiger partial charge in [-0.15, -0.1) is 23.1 Å². The standard InChI is InChI=1S/C17H13NO2S2/c1-21-14-8-4-3-7-12(14)17(20)18-16-10-13(19)11-6-2-5-9-15(11)22-16/h2-10H,1H3,(H,18,20). The fourth-order valence-corrected chi connectivity index (χ4v) is 3.74. The molecule has 1 amide bonds. The van der Waals surface area contributed by atoms with E-state index in [1.807, 2.05) is 42.7 Å². The maximum Gasteiger partial charge on any atom is 0.257 e. The van der Waals surface area contributed by atoms with Crippen LogP contribution in [-0.4, -0.2) is 12.2 Å². The molecule has 0 saturated carbocycles. The monoisotopic (exact) mass is 327 g/mol. The number of rotatable bonds is 3. The van der Waals surface area contributed by atoms with Gasteiger partial charge in [0, 0.05) is 21.0 Å². The number of anilines is 1. The van der Waals surface area contributed by atoms with E-state index >= 15 is 0 Å². The molecule has 3 aromatic rings. The Morgan fingerprint density at radius 1 is 1.09 bits per heavy atom. The first-order valence-corrected chi connectivity index (χ1v) is 8.70. The largest absolute Gasteiger partial charge is 0.313 e. The van der Waals surface area contributed by atoms with Crippen molar-refractivity contribution in [3.8, 4) is 0 Å². The number of benzene rings is 2. The SMILES string of the molecule is CSc1ccccc1C(=O)Nc1cc(=O)c2ccccc2s1. The van der Waals surface area contributed by atoms with Crippen molar-refractivity contribution in [1.82, 2.24) is 0 Å². The molecule has 0 aliphatic carbocycles. The van der Waals surface area contributed by atoms with Gasteiger partial charge in [-0.1, -0.05) is 24.3 Å². The zero-order valence-corrected chi connectivity index (χ0v) is 13.5. The maximum atomic E-state index is 12.4. The summed E-state index contributed by atoms with van der Waals surface area (Å²) in [4.78, 5) is 25.4. The summed E-state index contributed by atoms with van der Waals surface area (Å²) in [5.74, 6) is -0.198. The van der Waals surface area contributed by atoms with E-state index in [0.717, 1.165) is 9.60 Å². The van der Waals surface area contributed by atoms with Crippen molar-refractivity contribution in [2.45, 2.75) is 4.90 Å². The van der Waals surface area contributed by atoms with Crippen LogP contribution in [0.4, 0.5) is 5.00 Å². The molecule has 2 aromatic carbocycles. The summed E-state index contributed by atoms with van der Waals surface area (Å²) < 4.78 is 0.864. The first-order chi connectivity index (χ1) is 10.7. The Hall–Kier alpha value is -2.11. The van der Waals surface area contributed by atoms with E-state index in [4.69, 9.17) is 0 Å². The Morgan fingerprint density at radius 3 is 2.64 bits per heavy atom. The Balaban J connectivity index is 1.96. The van der Waals surface area contributed by atoms with E-state index in [2.05, 4.69) is 5.32 Å². The second-order valence-electron chi connectivity index (χ2n) is 4.63. The van der Waals surface area contributed by atoms with Crippen LogP contribution >= 0.6 is 23.1 Å². The van der Waals surface area contributed by atoms with E-state index in [-0.39, 0.29) is 11.3 Å². The van der Waals surface area contributed by atoms with Gasteiger partial charge in [0.1, 0.15) is 0 Å². The molecule has 0 atom stereocenters. The van der Waals surface area contributed by atoms with Gasteiger partial charge in [-0.2, -0.15) is 0 Å². The summed E-state index contributed by atoms with van der Waals surface area (Å²) in [6.07, 6.45) is 1.93. The average Bonchev–Trinajstić information content (AvgIpc) is 2.55. The lowest BCUT2D eigenvalue weighted by Crippen LogP contribution is -2.13. The van der Waals surface area contributed by atoms with E-state index < -0.39 is 0 Å². The van der Waals surface area contributed by atoms with Gasteiger partial charge < -0.3 is 5.32 Å². The number of thioether (sulfide) groups is 1. The molecule has 0 unspecified atom stereocenters. The molecule has 0 bridgehead atoms. The number of hydrogen-bond donors (Lipinski definition) is 1. The Labute approximate surface area is 136 Å². The minimum atomic E-state index is -0.198. The molecule has 22 heavy (non-hydrogen) atoms. The van der Waals surface area contributed by atoms with Gasteiger partial charge >= 0.3 is 0 Å². The van der Waals surface area contributed by atoms with Crippen LogP contribution in [0.15, 0.2) is 64.3 Å². The molecule has 1 heterocycles. The number of hydrogen-bond acceptors (Lipinski definition) is 4. The van der Waals surface area contributed by atoms with E-state index in [1.54, 1.807) is 12.1 Å². The van der Waals surface area contributed by atoms with E-state index in [9.17, 15) is 9.59 Å². The zero-order chi connectivity index (χ0) is 15.5. The van der Waals surface area contributed by atoms with E-state index in [1.165, 1.54) is 29.2 Å². The van der Waals surface area contributed by atoms with Crippen molar-refractivity contribution >= 4 is 44.1 Å². The molecule has 1 N–H and O–H groups in total. The van der Waals surface area contributed by atoms with Gasteiger partial charge in [0.15, 0.2) is 5.43 Å². The quantitative estimate of drug-likeness (QED) is 0.732. The lowest BCUT2D eigenvalue weighted by Gasteiger charge is -2.08. The number of carbonyl (C=O) groups excluding carboxylic acids is 1. The van der Waals surface area contributed by atoms with Crippen LogP contribution in [0, 0.1) is 0 Å². The highest BCUT2D eigenvalue weighted by atomic mass is 32.2. The highest BCUT2D eigenvalue weighted by Gasteiger charge is 2.12. The molecule has 0 fully saturated rings. The smallest absolute Gasteiger partial charge is 0.257 e. The predicted octanol–water partition coefficient (Wildman–Crippen LogP) is 4.24. The summed E-state index contributed by atoms with van der Waals surface area (Å²) in [6.45, 7) is 0. The van der Waals surface area contributed by atoms with E-state index in [0.29, 0.717) is 16.0 Å². The summed E-state index contributed by atoms with van der Waals surface area (Å²) >= 11 is 2.92. The molecule has 0 saturated heterocycles. The van der Waals surface area contributed by atoms with Gasteiger partial charge in [0.05, 0.1) is 10.6 Å². The Kier molecular flexibility index (Phi) is 4.27. The molecule has 3 rings (SSSR count). The topological polar surface area (TPSA) is 46.2 Å². The van der Waals surface area contributed by atoms with Crippen LogP contribution < -0.4 is 10.7 Å². The normalized spacial score (nSPS) is 10.6. The zero-order valence-electron chi connectivity index (χ0n) is 11.8. The molecular weight excluding hydrogens is 314 g/mol. The van der Waals surface area contributed by atoms with Crippen molar-refractivity contribution in [2.24, 2.45) is 0 Å². The summed E-state index contributed by atoms with van der Waals surface area (Å²) in [5, 5.41) is 4.07. The van der Waals surface area contributed by atoms with Gasteiger partial charge in [-0.25, -0.2) is 0 Å². The molecule has 0 spiro atoms. The number of carbonyl (C=O) groups is 1. The van der Waals surface area contributed by atoms with Gasteiger partial charge in [-0.05, 0) is 30.5 Å². The third-order valence-corrected chi connectivity index (χ3v) is 5.03. The van der Waals surface area contributed by atoms with Crippen molar-refractivity contribution in [3.63, 3.8) is 0 Å². The van der Waals surface area contributed by atoms with Crippen molar-refractivity contribution in [3.05, 3.63) is 70.4 Å². The van der Waals surface area contributed by atoms with Gasteiger partial charge in [-0.3, -0.25) is 9.59 Å². The Morgan fingerprint density at radius 2 is 1.82 bits per heavy atom. The first kappa shape index (κ1) is 14.8. The van der Waals surface area contributed by atoms with Crippen LogP contribution in [-0.2, 0) is 0 Å². The van der Waals surface area contributed by atoms with Crippen LogP contribution in [0.1, 0.15) is 10.4 Å². The molecule has 0 radical (unpaired) electrons. The molecule has 5 heteroatoms.